The molecule has 4 heteroatoms. The minimum absolute atomic E-state index is 0.254. The van der Waals surface area contributed by atoms with Gasteiger partial charge in [0.2, 0.25) is 0 Å². The van der Waals surface area contributed by atoms with Crippen LogP contribution in [0.1, 0.15) is 37.8 Å². The Hall–Kier alpha value is -0.450. The Morgan fingerprint density at radius 1 is 1.22 bits per heavy atom. The minimum atomic E-state index is -0.707. The number of pyridine rings is 1. The van der Waals surface area contributed by atoms with E-state index < -0.39 is 12.2 Å². The van der Waals surface area contributed by atoms with Crippen LogP contribution in [0, 0.1) is 5.92 Å². The van der Waals surface area contributed by atoms with Crippen molar-refractivity contribution in [2.45, 2.75) is 50.7 Å². The molecule has 1 aromatic heterocycles. The third-order valence-corrected chi connectivity index (χ3v) is 4.20. The maximum atomic E-state index is 10.2. The molecule has 2 rings (SSSR count). The van der Waals surface area contributed by atoms with Crippen molar-refractivity contribution >= 4 is 15.9 Å². The Morgan fingerprint density at radius 3 is 2.56 bits per heavy atom. The number of aliphatic hydroxyl groups excluding tert-OH is 2. The maximum absolute atomic E-state index is 10.2. The Morgan fingerprint density at radius 2 is 1.94 bits per heavy atom. The van der Waals surface area contributed by atoms with Gasteiger partial charge in [0.05, 0.1) is 12.2 Å². The molecule has 0 saturated heterocycles. The monoisotopic (exact) mass is 313 g/mol. The molecule has 1 aromatic rings. The van der Waals surface area contributed by atoms with Crippen molar-refractivity contribution in [3.63, 3.8) is 0 Å². The standard InChI is InChI=1S/C14H20BrNO2/c15-11-6-7-12(16-9-11)8-13(17)14(18)10-4-2-1-3-5-10/h6-7,9-10,13-14,17-18H,1-5,8H2. The third-order valence-electron chi connectivity index (χ3n) is 3.73. The highest BCUT2D eigenvalue weighted by molar-refractivity contribution is 9.10. The van der Waals surface area contributed by atoms with Gasteiger partial charge in [0.1, 0.15) is 0 Å². The molecule has 1 aliphatic rings. The number of hydrogen-bond donors (Lipinski definition) is 2. The zero-order valence-corrected chi connectivity index (χ0v) is 12.0. The van der Waals surface area contributed by atoms with Crippen molar-refractivity contribution in [3.05, 3.63) is 28.5 Å². The van der Waals surface area contributed by atoms with Gasteiger partial charge in [-0.25, -0.2) is 0 Å². The van der Waals surface area contributed by atoms with E-state index in [2.05, 4.69) is 20.9 Å². The predicted molar refractivity (Wildman–Crippen MR) is 74.2 cm³/mol. The molecule has 3 nitrogen and oxygen atoms in total. The van der Waals surface area contributed by atoms with Crippen molar-refractivity contribution in [1.82, 2.24) is 4.98 Å². The van der Waals surface area contributed by atoms with Crippen molar-refractivity contribution < 1.29 is 10.2 Å². The lowest BCUT2D eigenvalue weighted by Gasteiger charge is -2.29. The third kappa shape index (κ3) is 3.77. The van der Waals surface area contributed by atoms with Crippen LogP contribution < -0.4 is 0 Å². The topological polar surface area (TPSA) is 53.4 Å². The summed E-state index contributed by atoms with van der Waals surface area (Å²) in [7, 11) is 0. The fraction of sp³-hybridized carbons (Fsp3) is 0.643. The van der Waals surface area contributed by atoms with Gasteiger partial charge in [0.25, 0.3) is 0 Å². The van der Waals surface area contributed by atoms with Gasteiger partial charge >= 0.3 is 0 Å². The number of rotatable bonds is 4. The Kier molecular flexibility index (Phi) is 5.15. The average Bonchev–Trinajstić information content (AvgIpc) is 2.41. The number of aliphatic hydroxyl groups is 2. The van der Waals surface area contributed by atoms with Crippen LogP contribution in [0.5, 0.6) is 0 Å². The van der Waals surface area contributed by atoms with Crippen LogP contribution in [0.4, 0.5) is 0 Å². The SMILES string of the molecule is OC(Cc1ccc(Br)cn1)C(O)C1CCCCC1. The molecular formula is C14H20BrNO2. The second-order valence-electron chi connectivity index (χ2n) is 5.13. The molecule has 100 valence electrons. The van der Waals surface area contributed by atoms with Crippen LogP contribution >= 0.6 is 15.9 Å². The van der Waals surface area contributed by atoms with Crippen molar-refractivity contribution in [2.24, 2.45) is 5.92 Å². The molecule has 0 aliphatic heterocycles. The lowest BCUT2D eigenvalue weighted by molar-refractivity contribution is -0.0267. The van der Waals surface area contributed by atoms with E-state index in [9.17, 15) is 10.2 Å². The van der Waals surface area contributed by atoms with Crippen LogP contribution in [0.25, 0.3) is 0 Å². The van der Waals surface area contributed by atoms with Gasteiger partial charge in [-0.1, -0.05) is 19.3 Å². The summed E-state index contributed by atoms with van der Waals surface area (Å²) in [5.41, 5.74) is 0.820. The molecule has 0 radical (unpaired) electrons. The predicted octanol–water partition coefficient (Wildman–Crippen LogP) is 2.69. The van der Waals surface area contributed by atoms with Crippen molar-refractivity contribution in [1.29, 1.82) is 0 Å². The molecule has 1 heterocycles. The normalized spacial score (nSPS) is 20.6. The van der Waals surface area contributed by atoms with E-state index in [1.165, 1.54) is 19.3 Å². The number of hydrogen-bond acceptors (Lipinski definition) is 3. The van der Waals surface area contributed by atoms with Crippen LogP contribution in [0.2, 0.25) is 0 Å². The molecule has 1 saturated carbocycles. The summed E-state index contributed by atoms with van der Waals surface area (Å²) in [5, 5.41) is 20.3. The van der Waals surface area contributed by atoms with Crippen molar-refractivity contribution in [3.8, 4) is 0 Å². The second-order valence-corrected chi connectivity index (χ2v) is 6.04. The van der Waals surface area contributed by atoms with E-state index in [4.69, 9.17) is 0 Å². The van der Waals surface area contributed by atoms with E-state index in [-0.39, 0.29) is 5.92 Å². The van der Waals surface area contributed by atoms with Gasteiger partial charge in [0, 0.05) is 22.8 Å². The van der Waals surface area contributed by atoms with E-state index in [0.717, 1.165) is 23.0 Å². The zero-order valence-electron chi connectivity index (χ0n) is 10.4. The molecule has 0 bridgehead atoms. The number of aromatic nitrogens is 1. The van der Waals surface area contributed by atoms with E-state index >= 15 is 0 Å². The molecule has 0 aromatic carbocycles. The van der Waals surface area contributed by atoms with Crippen LogP contribution in [0.15, 0.2) is 22.8 Å². The molecule has 2 unspecified atom stereocenters. The summed E-state index contributed by atoms with van der Waals surface area (Å²) in [4.78, 5) is 4.23. The first-order valence-electron chi connectivity index (χ1n) is 6.63. The van der Waals surface area contributed by atoms with Crippen molar-refractivity contribution in [2.75, 3.05) is 0 Å². The lowest BCUT2D eigenvalue weighted by atomic mass is 9.82. The van der Waals surface area contributed by atoms with Gasteiger partial charge in [-0.2, -0.15) is 0 Å². The van der Waals surface area contributed by atoms with Crippen LogP contribution in [-0.2, 0) is 6.42 Å². The summed E-state index contributed by atoms with van der Waals surface area (Å²) >= 11 is 3.33. The minimum Gasteiger partial charge on any atom is -0.390 e. The van der Waals surface area contributed by atoms with Crippen LogP contribution in [0.3, 0.4) is 0 Å². The van der Waals surface area contributed by atoms with Gasteiger partial charge < -0.3 is 10.2 Å². The average molecular weight is 314 g/mol. The summed E-state index contributed by atoms with van der Waals surface area (Å²) in [6.45, 7) is 0. The van der Waals surface area contributed by atoms with Gasteiger partial charge in [-0.3, -0.25) is 4.98 Å². The lowest BCUT2D eigenvalue weighted by Crippen LogP contribution is -2.36. The molecule has 0 amide bonds. The Labute approximate surface area is 116 Å². The first-order valence-corrected chi connectivity index (χ1v) is 7.42. The fourth-order valence-electron chi connectivity index (χ4n) is 2.65. The maximum Gasteiger partial charge on any atom is 0.0857 e. The summed E-state index contributed by atoms with van der Waals surface area (Å²) in [6, 6.07) is 3.78. The molecule has 1 fully saturated rings. The molecular weight excluding hydrogens is 294 g/mol. The molecule has 0 spiro atoms. The molecule has 18 heavy (non-hydrogen) atoms. The Balaban J connectivity index is 1.89. The molecule has 1 aliphatic carbocycles. The van der Waals surface area contributed by atoms with Gasteiger partial charge in [-0.15, -0.1) is 0 Å². The first-order chi connectivity index (χ1) is 8.66. The number of halogens is 1. The summed E-state index contributed by atoms with van der Waals surface area (Å²) in [6.07, 6.45) is 6.49. The molecule has 2 atom stereocenters. The van der Waals surface area contributed by atoms with Gasteiger partial charge in [-0.05, 0) is 46.8 Å². The van der Waals surface area contributed by atoms with E-state index in [1.807, 2.05) is 12.1 Å². The summed E-state index contributed by atoms with van der Waals surface area (Å²) < 4.78 is 0.925. The number of nitrogens with zero attached hydrogens (tertiary/aromatic N) is 1. The highest BCUT2D eigenvalue weighted by Crippen LogP contribution is 2.28. The smallest absolute Gasteiger partial charge is 0.0857 e. The Bertz CT molecular complexity index is 363. The zero-order chi connectivity index (χ0) is 13.0. The van der Waals surface area contributed by atoms with Gasteiger partial charge in [0.15, 0.2) is 0 Å². The fourth-order valence-corrected chi connectivity index (χ4v) is 2.89. The highest BCUT2D eigenvalue weighted by atomic mass is 79.9. The first kappa shape index (κ1) is 14.0. The highest BCUT2D eigenvalue weighted by Gasteiger charge is 2.27. The largest absolute Gasteiger partial charge is 0.390 e. The molecule has 2 N–H and O–H groups in total. The summed E-state index contributed by atoms with van der Waals surface area (Å²) in [5.74, 6) is 0.254. The second kappa shape index (κ2) is 6.64. The quantitative estimate of drug-likeness (QED) is 0.898. The van der Waals surface area contributed by atoms with Crippen LogP contribution in [-0.4, -0.2) is 27.4 Å². The van der Waals surface area contributed by atoms with E-state index in [1.54, 1.807) is 6.20 Å². The van der Waals surface area contributed by atoms with E-state index in [0.29, 0.717) is 6.42 Å².